The van der Waals surface area contributed by atoms with Gasteiger partial charge in [-0.1, -0.05) is 0 Å². The Hall–Kier alpha value is -2.15. The number of carbonyl (C=O) groups excluding carboxylic acids is 1. The second-order valence-electron chi connectivity index (χ2n) is 6.64. The Labute approximate surface area is 141 Å². The standard InChI is InChI=1S/C17H25N5O2/c1-10-9-18-7-8-22(10)14(23)6-5-13-11(2)15-16(19-12(13)3)20-21(4)17(15)24/h10,18H,5-9H2,1-4H3,(H,19,20). The molecule has 1 aliphatic rings. The van der Waals surface area contributed by atoms with Crippen LogP contribution in [0.3, 0.4) is 0 Å². The van der Waals surface area contributed by atoms with Gasteiger partial charge in [0.25, 0.3) is 5.56 Å². The van der Waals surface area contributed by atoms with Crippen LogP contribution in [-0.4, -0.2) is 51.2 Å². The Kier molecular flexibility index (Phi) is 4.45. The van der Waals surface area contributed by atoms with E-state index in [1.807, 2.05) is 18.7 Å². The molecule has 1 saturated heterocycles. The highest BCUT2D eigenvalue weighted by atomic mass is 16.2. The largest absolute Gasteiger partial charge is 0.337 e. The van der Waals surface area contributed by atoms with Gasteiger partial charge in [-0.3, -0.25) is 19.4 Å². The molecule has 1 atom stereocenters. The third kappa shape index (κ3) is 2.84. The molecule has 1 fully saturated rings. The number of pyridine rings is 1. The molecule has 2 N–H and O–H groups in total. The van der Waals surface area contributed by atoms with Gasteiger partial charge in [0, 0.05) is 44.8 Å². The molecular weight excluding hydrogens is 306 g/mol. The zero-order valence-electron chi connectivity index (χ0n) is 14.8. The number of amides is 1. The van der Waals surface area contributed by atoms with Gasteiger partial charge < -0.3 is 10.2 Å². The average molecular weight is 331 g/mol. The zero-order chi connectivity index (χ0) is 17.4. The molecule has 3 heterocycles. The topological polar surface area (TPSA) is 83.0 Å². The van der Waals surface area contributed by atoms with Crippen LogP contribution < -0.4 is 10.9 Å². The fraction of sp³-hybridized carbons (Fsp3) is 0.588. The highest BCUT2D eigenvalue weighted by Gasteiger charge is 2.23. The van der Waals surface area contributed by atoms with E-state index in [1.165, 1.54) is 4.68 Å². The van der Waals surface area contributed by atoms with Crippen LogP contribution in [0.25, 0.3) is 11.0 Å². The molecule has 2 aromatic heterocycles. The second kappa shape index (κ2) is 6.39. The van der Waals surface area contributed by atoms with Crippen molar-refractivity contribution < 1.29 is 4.79 Å². The first-order valence-corrected chi connectivity index (χ1v) is 8.45. The van der Waals surface area contributed by atoms with Crippen LogP contribution in [0.15, 0.2) is 4.79 Å². The summed E-state index contributed by atoms with van der Waals surface area (Å²) in [5.74, 6) is 0.171. The van der Waals surface area contributed by atoms with Gasteiger partial charge >= 0.3 is 0 Å². The molecule has 0 aliphatic carbocycles. The van der Waals surface area contributed by atoms with Gasteiger partial charge in [-0.2, -0.15) is 0 Å². The van der Waals surface area contributed by atoms with Crippen molar-refractivity contribution in [1.82, 2.24) is 25.0 Å². The maximum atomic E-state index is 12.5. The molecule has 1 aliphatic heterocycles. The SMILES string of the molecule is Cc1nc2[nH]n(C)c(=O)c2c(C)c1CCC(=O)N1CCNCC1C. The lowest BCUT2D eigenvalue weighted by Gasteiger charge is -2.34. The summed E-state index contributed by atoms with van der Waals surface area (Å²) in [6, 6.07) is 0.228. The van der Waals surface area contributed by atoms with Crippen molar-refractivity contribution in [2.75, 3.05) is 19.6 Å². The van der Waals surface area contributed by atoms with Gasteiger partial charge in [0.15, 0.2) is 5.65 Å². The highest BCUT2D eigenvalue weighted by molar-refractivity contribution is 5.81. The molecule has 0 saturated carbocycles. The minimum atomic E-state index is -0.0710. The first kappa shape index (κ1) is 16.7. The van der Waals surface area contributed by atoms with Crippen molar-refractivity contribution in [3.05, 3.63) is 27.2 Å². The van der Waals surface area contributed by atoms with Crippen molar-refractivity contribution in [3.8, 4) is 0 Å². The molecule has 24 heavy (non-hydrogen) atoms. The number of nitrogens with one attached hydrogen (secondary N) is 2. The predicted octanol–water partition coefficient (Wildman–Crippen LogP) is 0.631. The highest BCUT2D eigenvalue weighted by Crippen LogP contribution is 2.21. The Morgan fingerprint density at radius 3 is 2.83 bits per heavy atom. The van der Waals surface area contributed by atoms with Crippen LogP contribution in [0.5, 0.6) is 0 Å². The number of aryl methyl sites for hydroxylation is 3. The molecule has 7 heteroatoms. The van der Waals surface area contributed by atoms with Gasteiger partial charge in [0.05, 0.1) is 5.39 Å². The van der Waals surface area contributed by atoms with E-state index in [2.05, 4.69) is 22.3 Å². The summed E-state index contributed by atoms with van der Waals surface area (Å²) >= 11 is 0. The average Bonchev–Trinajstić information content (AvgIpc) is 2.81. The Balaban J connectivity index is 1.83. The first-order chi connectivity index (χ1) is 11.4. The quantitative estimate of drug-likeness (QED) is 0.864. The molecule has 0 spiro atoms. The van der Waals surface area contributed by atoms with Gasteiger partial charge in [0.1, 0.15) is 0 Å². The summed E-state index contributed by atoms with van der Waals surface area (Å²) in [5, 5.41) is 6.89. The van der Waals surface area contributed by atoms with Gasteiger partial charge in [0.2, 0.25) is 5.91 Å². The number of H-pyrrole nitrogens is 1. The van der Waals surface area contributed by atoms with Crippen molar-refractivity contribution >= 4 is 16.9 Å². The molecule has 1 amide bonds. The summed E-state index contributed by atoms with van der Waals surface area (Å²) in [5.41, 5.74) is 3.36. The van der Waals surface area contributed by atoms with Gasteiger partial charge in [-0.05, 0) is 38.3 Å². The molecular formula is C17H25N5O2. The maximum Gasteiger partial charge on any atom is 0.276 e. The summed E-state index contributed by atoms with van der Waals surface area (Å²) in [6.45, 7) is 8.40. The zero-order valence-corrected chi connectivity index (χ0v) is 14.8. The monoisotopic (exact) mass is 331 g/mol. The minimum absolute atomic E-state index is 0.0710. The lowest BCUT2D eigenvalue weighted by Crippen LogP contribution is -2.52. The first-order valence-electron chi connectivity index (χ1n) is 8.45. The summed E-state index contributed by atoms with van der Waals surface area (Å²) < 4.78 is 1.45. The van der Waals surface area contributed by atoms with E-state index in [4.69, 9.17) is 0 Å². The number of aromatic nitrogens is 3. The van der Waals surface area contributed by atoms with E-state index in [-0.39, 0.29) is 17.5 Å². The number of nitrogens with zero attached hydrogens (tertiary/aromatic N) is 3. The third-order valence-electron chi connectivity index (χ3n) is 4.98. The van der Waals surface area contributed by atoms with Crippen LogP contribution >= 0.6 is 0 Å². The van der Waals surface area contributed by atoms with Crippen LogP contribution in [0, 0.1) is 13.8 Å². The Morgan fingerprint density at radius 2 is 2.12 bits per heavy atom. The number of fused-ring (bicyclic) bond motifs is 1. The summed E-state index contributed by atoms with van der Waals surface area (Å²) in [7, 11) is 1.69. The molecule has 1 unspecified atom stereocenters. The second-order valence-corrected chi connectivity index (χ2v) is 6.64. The van der Waals surface area contributed by atoms with Crippen LogP contribution in [0.4, 0.5) is 0 Å². The molecule has 7 nitrogen and oxygen atoms in total. The van der Waals surface area contributed by atoms with Crippen LogP contribution in [0.1, 0.15) is 30.2 Å². The van der Waals surface area contributed by atoms with E-state index < -0.39 is 0 Å². The van der Waals surface area contributed by atoms with Crippen molar-refractivity contribution in [2.45, 2.75) is 39.7 Å². The van der Waals surface area contributed by atoms with E-state index in [9.17, 15) is 9.59 Å². The van der Waals surface area contributed by atoms with Crippen LogP contribution in [-0.2, 0) is 18.3 Å². The molecule has 0 bridgehead atoms. The normalized spacial score (nSPS) is 18.3. The van der Waals surface area contributed by atoms with E-state index in [0.717, 1.165) is 36.5 Å². The number of piperazine rings is 1. The molecule has 0 aromatic carbocycles. The van der Waals surface area contributed by atoms with Crippen molar-refractivity contribution in [1.29, 1.82) is 0 Å². The summed E-state index contributed by atoms with van der Waals surface area (Å²) in [4.78, 5) is 31.3. The minimum Gasteiger partial charge on any atom is -0.337 e. The van der Waals surface area contributed by atoms with E-state index >= 15 is 0 Å². The number of hydrogen-bond donors (Lipinski definition) is 2. The van der Waals surface area contributed by atoms with Crippen LogP contribution in [0.2, 0.25) is 0 Å². The number of carbonyl (C=O) groups is 1. The predicted molar refractivity (Wildman–Crippen MR) is 93.2 cm³/mol. The lowest BCUT2D eigenvalue weighted by atomic mass is 10.00. The van der Waals surface area contributed by atoms with E-state index in [0.29, 0.717) is 23.9 Å². The van der Waals surface area contributed by atoms with Crippen molar-refractivity contribution in [2.24, 2.45) is 7.05 Å². The molecule has 130 valence electrons. The lowest BCUT2D eigenvalue weighted by molar-refractivity contribution is -0.133. The van der Waals surface area contributed by atoms with Gasteiger partial charge in [-0.25, -0.2) is 4.98 Å². The fourth-order valence-electron chi connectivity index (χ4n) is 3.57. The number of hydrogen-bond acceptors (Lipinski definition) is 4. The molecule has 3 rings (SSSR count). The van der Waals surface area contributed by atoms with Crippen molar-refractivity contribution in [3.63, 3.8) is 0 Å². The van der Waals surface area contributed by atoms with Gasteiger partial charge in [-0.15, -0.1) is 0 Å². The van der Waals surface area contributed by atoms with E-state index in [1.54, 1.807) is 7.05 Å². The number of aromatic amines is 1. The Bertz CT molecular complexity index is 836. The Morgan fingerprint density at radius 1 is 1.38 bits per heavy atom. The fourth-order valence-corrected chi connectivity index (χ4v) is 3.57. The molecule has 0 radical (unpaired) electrons. The third-order valence-corrected chi connectivity index (χ3v) is 4.98. The molecule has 2 aromatic rings. The number of rotatable bonds is 3. The maximum absolute atomic E-state index is 12.5. The smallest absolute Gasteiger partial charge is 0.276 e. The summed E-state index contributed by atoms with van der Waals surface area (Å²) in [6.07, 6.45) is 1.06.